The molecule has 0 saturated carbocycles. The second-order valence-electron chi connectivity index (χ2n) is 5.87. The first-order valence-corrected chi connectivity index (χ1v) is 7.38. The van der Waals surface area contributed by atoms with Crippen LogP contribution in [0.3, 0.4) is 0 Å². The first-order valence-electron chi connectivity index (χ1n) is 7.38. The lowest BCUT2D eigenvalue weighted by Crippen LogP contribution is -2.34. The van der Waals surface area contributed by atoms with Crippen LogP contribution in [0.2, 0.25) is 0 Å². The average Bonchev–Trinajstić information content (AvgIpc) is 2.74. The van der Waals surface area contributed by atoms with Gasteiger partial charge in [-0.25, -0.2) is 0 Å². The zero-order valence-electron chi connectivity index (χ0n) is 12.6. The summed E-state index contributed by atoms with van der Waals surface area (Å²) >= 11 is 0. The SMILES string of the molecule is CCC1CCCN1CC(=O)c1c(C)cc(C)cc1C. The van der Waals surface area contributed by atoms with E-state index in [1.165, 1.54) is 18.4 Å². The molecular weight excluding hydrogens is 234 g/mol. The first-order chi connectivity index (χ1) is 9.02. The Hall–Kier alpha value is -1.15. The molecule has 1 aliphatic heterocycles. The van der Waals surface area contributed by atoms with Crippen molar-refractivity contribution in [2.45, 2.75) is 53.0 Å². The zero-order valence-corrected chi connectivity index (χ0v) is 12.6. The quantitative estimate of drug-likeness (QED) is 0.769. The second-order valence-corrected chi connectivity index (χ2v) is 5.87. The van der Waals surface area contributed by atoms with Crippen molar-refractivity contribution in [2.24, 2.45) is 0 Å². The number of likely N-dealkylation sites (tertiary alicyclic amines) is 1. The smallest absolute Gasteiger partial charge is 0.177 e. The molecule has 0 aromatic heterocycles. The van der Waals surface area contributed by atoms with Gasteiger partial charge in [0.05, 0.1) is 6.54 Å². The van der Waals surface area contributed by atoms with Crippen LogP contribution in [0, 0.1) is 20.8 Å². The number of rotatable bonds is 4. The predicted molar refractivity (Wildman–Crippen MR) is 79.9 cm³/mol. The predicted octanol–water partition coefficient (Wildman–Crippen LogP) is 3.67. The number of aryl methyl sites for hydroxylation is 3. The molecule has 104 valence electrons. The minimum absolute atomic E-state index is 0.287. The highest BCUT2D eigenvalue weighted by atomic mass is 16.1. The third-order valence-corrected chi connectivity index (χ3v) is 4.27. The van der Waals surface area contributed by atoms with Crippen molar-refractivity contribution in [1.82, 2.24) is 4.90 Å². The zero-order chi connectivity index (χ0) is 14.0. The van der Waals surface area contributed by atoms with Crippen LogP contribution in [0.5, 0.6) is 0 Å². The van der Waals surface area contributed by atoms with Crippen LogP contribution in [0.25, 0.3) is 0 Å². The van der Waals surface area contributed by atoms with Gasteiger partial charge in [0.25, 0.3) is 0 Å². The van der Waals surface area contributed by atoms with Crippen molar-refractivity contribution in [3.63, 3.8) is 0 Å². The summed E-state index contributed by atoms with van der Waals surface area (Å²) in [5.74, 6) is 0.287. The maximum absolute atomic E-state index is 12.6. The number of carbonyl (C=O) groups is 1. The minimum Gasteiger partial charge on any atom is -0.293 e. The normalized spacial score (nSPS) is 19.9. The molecule has 1 fully saturated rings. The van der Waals surface area contributed by atoms with E-state index >= 15 is 0 Å². The highest BCUT2D eigenvalue weighted by molar-refractivity contribution is 6.00. The van der Waals surface area contributed by atoms with Crippen LogP contribution in [-0.2, 0) is 0 Å². The maximum atomic E-state index is 12.6. The lowest BCUT2D eigenvalue weighted by atomic mass is 9.96. The van der Waals surface area contributed by atoms with Gasteiger partial charge < -0.3 is 0 Å². The van der Waals surface area contributed by atoms with Crippen molar-refractivity contribution in [3.05, 3.63) is 34.4 Å². The van der Waals surface area contributed by atoms with Gasteiger partial charge in [0.15, 0.2) is 5.78 Å². The Morgan fingerprint density at radius 2 is 1.89 bits per heavy atom. The summed E-state index contributed by atoms with van der Waals surface area (Å²) in [6.45, 7) is 10.1. The Kier molecular flexibility index (Phi) is 4.41. The van der Waals surface area contributed by atoms with Gasteiger partial charge in [-0.05, 0) is 57.7 Å². The summed E-state index contributed by atoms with van der Waals surface area (Å²) in [6, 6.07) is 4.83. The number of Topliss-reactive ketones (excluding diaryl/α,β-unsaturated/α-hetero) is 1. The Morgan fingerprint density at radius 3 is 2.47 bits per heavy atom. The van der Waals surface area contributed by atoms with Crippen LogP contribution in [-0.4, -0.2) is 29.8 Å². The van der Waals surface area contributed by atoms with Gasteiger partial charge in [-0.2, -0.15) is 0 Å². The lowest BCUT2D eigenvalue weighted by Gasteiger charge is -2.23. The summed E-state index contributed by atoms with van der Waals surface area (Å²) in [6.07, 6.45) is 3.63. The van der Waals surface area contributed by atoms with E-state index in [2.05, 4.69) is 44.7 Å². The highest BCUT2D eigenvalue weighted by Crippen LogP contribution is 2.22. The van der Waals surface area contributed by atoms with Crippen molar-refractivity contribution >= 4 is 5.78 Å². The Morgan fingerprint density at radius 1 is 1.26 bits per heavy atom. The molecule has 1 saturated heterocycles. The molecule has 19 heavy (non-hydrogen) atoms. The van der Waals surface area contributed by atoms with Gasteiger partial charge >= 0.3 is 0 Å². The molecule has 2 rings (SSSR count). The minimum atomic E-state index is 0.287. The van der Waals surface area contributed by atoms with Gasteiger partial charge in [0.2, 0.25) is 0 Å². The van der Waals surface area contributed by atoms with Gasteiger partial charge in [-0.1, -0.05) is 24.6 Å². The van der Waals surface area contributed by atoms with E-state index in [0.717, 1.165) is 29.7 Å². The molecule has 0 N–H and O–H groups in total. The number of hydrogen-bond donors (Lipinski definition) is 0. The Balaban J connectivity index is 2.16. The fourth-order valence-electron chi connectivity index (χ4n) is 3.45. The second kappa shape index (κ2) is 5.87. The molecule has 2 heteroatoms. The number of nitrogens with zero attached hydrogens (tertiary/aromatic N) is 1. The van der Waals surface area contributed by atoms with Gasteiger partial charge in [-0.15, -0.1) is 0 Å². The first kappa shape index (κ1) is 14.3. The fraction of sp³-hybridized carbons (Fsp3) is 0.588. The van der Waals surface area contributed by atoms with E-state index in [1.807, 2.05) is 0 Å². The molecule has 0 spiro atoms. The van der Waals surface area contributed by atoms with Crippen LogP contribution in [0.4, 0.5) is 0 Å². The molecule has 0 amide bonds. The summed E-state index contributed by atoms with van der Waals surface area (Å²) in [5, 5.41) is 0. The van der Waals surface area contributed by atoms with E-state index < -0.39 is 0 Å². The Bertz CT molecular complexity index is 455. The third kappa shape index (κ3) is 3.06. The molecule has 0 radical (unpaired) electrons. The molecule has 1 aromatic rings. The largest absolute Gasteiger partial charge is 0.293 e. The monoisotopic (exact) mass is 259 g/mol. The van der Waals surface area contributed by atoms with E-state index in [9.17, 15) is 4.79 Å². The topological polar surface area (TPSA) is 20.3 Å². The molecule has 0 aliphatic carbocycles. The fourth-order valence-corrected chi connectivity index (χ4v) is 3.45. The molecule has 1 heterocycles. The van der Waals surface area contributed by atoms with Crippen molar-refractivity contribution < 1.29 is 4.79 Å². The van der Waals surface area contributed by atoms with Crippen molar-refractivity contribution in [3.8, 4) is 0 Å². The number of carbonyl (C=O) groups excluding carboxylic acids is 1. The van der Waals surface area contributed by atoms with E-state index in [-0.39, 0.29) is 5.78 Å². The molecule has 1 aromatic carbocycles. The van der Waals surface area contributed by atoms with E-state index in [1.54, 1.807) is 0 Å². The standard InChI is InChI=1S/C17H25NO/c1-5-15-7-6-8-18(15)11-16(19)17-13(3)9-12(2)10-14(17)4/h9-10,15H,5-8,11H2,1-4H3. The van der Waals surface area contributed by atoms with Crippen LogP contribution < -0.4 is 0 Å². The number of ketones is 1. The molecule has 1 aliphatic rings. The van der Waals surface area contributed by atoms with Gasteiger partial charge in [0, 0.05) is 11.6 Å². The van der Waals surface area contributed by atoms with Crippen molar-refractivity contribution in [1.29, 1.82) is 0 Å². The van der Waals surface area contributed by atoms with E-state index in [4.69, 9.17) is 0 Å². The summed E-state index contributed by atoms with van der Waals surface area (Å²) in [5.41, 5.74) is 4.41. The molecule has 0 bridgehead atoms. The molecule has 1 unspecified atom stereocenters. The van der Waals surface area contributed by atoms with E-state index in [0.29, 0.717) is 12.6 Å². The lowest BCUT2D eigenvalue weighted by molar-refractivity contribution is 0.0919. The van der Waals surface area contributed by atoms with Crippen LogP contribution in [0.15, 0.2) is 12.1 Å². The molecule has 2 nitrogen and oxygen atoms in total. The van der Waals surface area contributed by atoms with Gasteiger partial charge in [0.1, 0.15) is 0 Å². The van der Waals surface area contributed by atoms with Crippen molar-refractivity contribution in [2.75, 3.05) is 13.1 Å². The third-order valence-electron chi connectivity index (χ3n) is 4.27. The highest BCUT2D eigenvalue weighted by Gasteiger charge is 2.25. The van der Waals surface area contributed by atoms with Gasteiger partial charge in [-0.3, -0.25) is 9.69 Å². The summed E-state index contributed by atoms with van der Waals surface area (Å²) in [4.78, 5) is 14.9. The summed E-state index contributed by atoms with van der Waals surface area (Å²) in [7, 11) is 0. The number of benzene rings is 1. The number of hydrogen-bond acceptors (Lipinski definition) is 2. The maximum Gasteiger partial charge on any atom is 0.177 e. The average molecular weight is 259 g/mol. The molecular formula is C17H25NO. The van der Waals surface area contributed by atoms with Crippen LogP contribution >= 0.6 is 0 Å². The molecule has 1 atom stereocenters. The summed E-state index contributed by atoms with van der Waals surface area (Å²) < 4.78 is 0. The Labute approximate surface area is 116 Å². The van der Waals surface area contributed by atoms with Crippen LogP contribution in [0.1, 0.15) is 53.2 Å².